The van der Waals surface area contributed by atoms with Crippen LogP contribution in [0.3, 0.4) is 0 Å². The molecule has 0 aliphatic heterocycles. The van der Waals surface area contributed by atoms with E-state index in [1.807, 2.05) is 0 Å². The lowest BCUT2D eigenvalue weighted by atomic mass is 9.96. The first-order valence-corrected chi connectivity index (χ1v) is 7.95. The summed E-state index contributed by atoms with van der Waals surface area (Å²) in [5.41, 5.74) is 0. The minimum absolute atomic E-state index is 0.509. The van der Waals surface area contributed by atoms with Crippen LogP contribution in [0.4, 0.5) is 0 Å². The van der Waals surface area contributed by atoms with Crippen LogP contribution in [-0.4, -0.2) is 26.2 Å². The van der Waals surface area contributed by atoms with E-state index in [2.05, 4.69) is 40.8 Å². The van der Waals surface area contributed by atoms with Crippen LogP contribution in [0, 0.1) is 11.8 Å². The maximum atomic E-state index is 2.43. The average Bonchev–Trinajstić information content (AvgIpc) is 1.80. The van der Waals surface area contributed by atoms with Gasteiger partial charge in [-0.2, -0.15) is 0 Å². The number of rotatable bonds is 4. The molecule has 0 aromatic heterocycles. The molecule has 0 aliphatic rings. The van der Waals surface area contributed by atoms with Crippen molar-refractivity contribution >= 4 is 7.26 Å². The highest BCUT2D eigenvalue weighted by Crippen LogP contribution is 2.47. The van der Waals surface area contributed by atoms with Crippen molar-refractivity contribution in [3.05, 3.63) is 0 Å². The van der Waals surface area contributed by atoms with Crippen molar-refractivity contribution in [3.8, 4) is 0 Å². The molecule has 0 saturated carbocycles. The van der Waals surface area contributed by atoms with Crippen LogP contribution in [0.5, 0.6) is 0 Å². The van der Waals surface area contributed by atoms with Crippen molar-refractivity contribution in [1.82, 2.24) is 0 Å². The third-order valence-electron chi connectivity index (χ3n) is 2.39. The van der Waals surface area contributed by atoms with Crippen molar-refractivity contribution in [2.45, 2.75) is 27.2 Å². The molecule has 1 unspecified atom stereocenters. The topological polar surface area (TPSA) is 0 Å². The molecule has 0 aromatic rings. The van der Waals surface area contributed by atoms with Crippen LogP contribution in [0.15, 0.2) is 0 Å². The summed E-state index contributed by atoms with van der Waals surface area (Å²) in [5.74, 6) is 1.77. The number of hydrogen-bond acceptors (Lipinski definition) is 0. The van der Waals surface area contributed by atoms with Gasteiger partial charge in [0.25, 0.3) is 0 Å². The average molecular weight is 175 g/mol. The van der Waals surface area contributed by atoms with Gasteiger partial charge in [0.05, 0.1) is 6.16 Å². The Bertz CT molecular complexity index is 99.9. The Morgan fingerprint density at radius 2 is 1.45 bits per heavy atom. The predicted octanol–water partition coefficient (Wildman–Crippen LogP) is 3.58. The zero-order chi connectivity index (χ0) is 9.07. The van der Waals surface area contributed by atoms with E-state index in [0.717, 1.165) is 11.8 Å². The van der Waals surface area contributed by atoms with E-state index in [-0.39, 0.29) is 0 Å². The molecule has 0 radical (unpaired) electrons. The van der Waals surface area contributed by atoms with Crippen molar-refractivity contribution in [1.29, 1.82) is 0 Å². The molecule has 0 bridgehead atoms. The quantitative estimate of drug-likeness (QED) is 0.573. The van der Waals surface area contributed by atoms with Gasteiger partial charge in [0, 0.05) is 27.3 Å². The maximum absolute atomic E-state index is 2.43. The SMILES string of the molecule is CC(C)C(C)CC[P+](C)(C)C. The molecular weight excluding hydrogens is 151 g/mol. The van der Waals surface area contributed by atoms with Gasteiger partial charge in [-0.15, -0.1) is 0 Å². The molecule has 0 amide bonds. The Hall–Kier alpha value is 0.430. The second kappa shape index (κ2) is 4.45. The fraction of sp³-hybridized carbons (Fsp3) is 1.00. The van der Waals surface area contributed by atoms with E-state index in [1.165, 1.54) is 12.6 Å². The van der Waals surface area contributed by atoms with Crippen LogP contribution >= 0.6 is 7.26 Å². The second-order valence-electron chi connectivity index (χ2n) is 5.02. The first-order valence-electron chi connectivity index (χ1n) is 4.63. The fourth-order valence-corrected chi connectivity index (χ4v) is 2.11. The fourth-order valence-electron chi connectivity index (χ4n) is 0.924. The third kappa shape index (κ3) is 6.81. The highest BCUT2D eigenvalue weighted by Gasteiger charge is 2.19. The predicted molar refractivity (Wildman–Crippen MR) is 58.2 cm³/mol. The van der Waals surface area contributed by atoms with Crippen LogP contribution < -0.4 is 0 Å². The van der Waals surface area contributed by atoms with E-state index in [0.29, 0.717) is 0 Å². The lowest BCUT2D eigenvalue weighted by Gasteiger charge is -2.18. The zero-order valence-electron chi connectivity index (χ0n) is 9.02. The Balaban J connectivity index is 3.54. The van der Waals surface area contributed by atoms with E-state index in [9.17, 15) is 0 Å². The van der Waals surface area contributed by atoms with Gasteiger partial charge < -0.3 is 0 Å². The Morgan fingerprint density at radius 3 is 1.73 bits per heavy atom. The Morgan fingerprint density at radius 1 is 1.00 bits per heavy atom. The van der Waals surface area contributed by atoms with E-state index < -0.39 is 7.26 Å². The molecule has 0 spiro atoms. The molecule has 0 N–H and O–H groups in total. The highest BCUT2D eigenvalue weighted by molar-refractivity contribution is 7.73. The summed E-state index contributed by atoms with van der Waals surface area (Å²) in [4.78, 5) is 0. The summed E-state index contributed by atoms with van der Waals surface area (Å²) < 4.78 is 0. The smallest absolute Gasteiger partial charge is 0.0588 e. The molecular formula is C10H24P+. The van der Waals surface area contributed by atoms with Gasteiger partial charge in [-0.1, -0.05) is 20.8 Å². The van der Waals surface area contributed by atoms with Crippen molar-refractivity contribution in [2.75, 3.05) is 26.2 Å². The number of hydrogen-bond donors (Lipinski definition) is 0. The molecule has 0 saturated heterocycles. The van der Waals surface area contributed by atoms with Crippen LogP contribution in [-0.2, 0) is 0 Å². The minimum Gasteiger partial charge on any atom is -0.0625 e. The van der Waals surface area contributed by atoms with Crippen LogP contribution in [0.25, 0.3) is 0 Å². The Labute approximate surface area is 73.1 Å². The minimum atomic E-state index is -0.509. The molecule has 68 valence electrons. The van der Waals surface area contributed by atoms with Crippen molar-refractivity contribution < 1.29 is 0 Å². The van der Waals surface area contributed by atoms with E-state index in [4.69, 9.17) is 0 Å². The first kappa shape index (κ1) is 11.4. The molecule has 0 rings (SSSR count). The van der Waals surface area contributed by atoms with Gasteiger partial charge in [0.15, 0.2) is 0 Å². The van der Waals surface area contributed by atoms with Crippen LogP contribution in [0.1, 0.15) is 27.2 Å². The lowest BCUT2D eigenvalue weighted by molar-refractivity contribution is 0.409. The molecule has 0 aromatic carbocycles. The summed E-state index contributed by atoms with van der Waals surface area (Å²) in [6.45, 7) is 14.3. The molecule has 0 fully saturated rings. The maximum Gasteiger partial charge on any atom is 0.0588 e. The lowest BCUT2D eigenvalue weighted by Crippen LogP contribution is -2.07. The zero-order valence-corrected chi connectivity index (χ0v) is 9.91. The van der Waals surface area contributed by atoms with E-state index in [1.54, 1.807) is 0 Å². The van der Waals surface area contributed by atoms with Gasteiger partial charge in [-0.05, 0) is 18.3 Å². The standard InChI is InChI=1S/C10H24P/c1-9(2)10(3)7-8-11(4,5)6/h9-10H,7-8H2,1-6H3/q+1. The van der Waals surface area contributed by atoms with Gasteiger partial charge in [-0.25, -0.2) is 0 Å². The summed E-state index contributed by atoms with van der Waals surface area (Å²) in [7, 11) is -0.509. The van der Waals surface area contributed by atoms with Crippen LogP contribution in [0.2, 0.25) is 0 Å². The molecule has 0 aliphatic carbocycles. The van der Waals surface area contributed by atoms with Gasteiger partial charge in [-0.3, -0.25) is 0 Å². The molecule has 0 nitrogen and oxygen atoms in total. The van der Waals surface area contributed by atoms with Gasteiger partial charge >= 0.3 is 0 Å². The monoisotopic (exact) mass is 175 g/mol. The normalized spacial score (nSPS) is 15.5. The summed E-state index contributed by atoms with van der Waals surface area (Å²) in [6.07, 6.45) is 2.89. The first-order chi connectivity index (χ1) is 4.83. The van der Waals surface area contributed by atoms with Crippen molar-refractivity contribution in [2.24, 2.45) is 11.8 Å². The summed E-state index contributed by atoms with van der Waals surface area (Å²) in [6, 6.07) is 0. The molecule has 1 heteroatoms. The third-order valence-corrected chi connectivity index (χ3v) is 3.99. The largest absolute Gasteiger partial charge is 0.0625 e. The second-order valence-corrected chi connectivity index (χ2v) is 10.1. The van der Waals surface area contributed by atoms with Crippen molar-refractivity contribution in [3.63, 3.8) is 0 Å². The summed E-state index contributed by atoms with van der Waals surface area (Å²) >= 11 is 0. The molecule has 1 atom stereocenters. The summed E-state index contributed by atoms with van der Waals surface area (Å²) in [5, 5.41) is 0. The van der Waals surface area contributed by atoms with Gasteiger partial charge in [0.1, 0.15) is 0 Å². The highest BCUT2D eigenvalue weighted by atomic mass is 31.2. The van der Waals surface area contributed by atoms with E-state index >= 15 is 0 Å². The van der Waals surface area contributed by atoms with Gasteiger partial charge in [0.2, 0.25) is 0 Å². The molecule has 11 heavy (non-hydrogen) atoms. The Kier molecular flexibility index (Phi) is 4.63. The molecule has 0 heterocycles.